The zero-order valence-corrected chi connectivity index (χ0v) is 14.0. The highest BCUT2D eigenvalue weighted by atomic mass is 16.3. The molecular weight excluding hydrogens is 308 g/mol. The van der Waals surface area contributed by atoms with Gasteiger partial charge in [-0.15, -0.1) is 0 Å². The molecule has 1 aromatic rings. The second kappa shape index (κ2) is 7.90. The number of H-pyrrole nitrogens is 1. The Morgan fingerprint density at radius 3 is 2.71 bits per heavy atom. The first-order chi connectivity index (χ1) is 11.6. The molecule has 1 atom stereocenters. The maximum atomic E-state index is 12.3. The molecule has 2 aliphatic heterocycles. The van der Waals surface area contributed by atoms with Crippen LogP contribution in [0.15, 0.2) is 16.9 Å². The van der Waals surface area contributed by atoms with Gasteiger partial charge in [0, 0.05) is 44.6 Å². The van der Waals surface area contributed by atoms with Crippen LogP contribution in [0.2, 0.25) is 0 Å². The van der Waals surface area contributed by atoms with Crippen molar-refractivity contribution in [3.8, 4) is 0 Å². The smallest absolute Gasteiger partial charge is 0.264 e. The molecule has 0 aliphatic carbocycles. The molecule has 132 valence electrons. The van der Waals surface area contributed by atoms with Crippen LogP contribution in [0, 0.1) is 0 Å². The normalized spacial score (nSPS) is 23.4. The van der Waals surface area contributed by atoms with Crippen molar-refractivity contribution < 1.29 is 9.90 Å². The van der Waals surface area contributed by atoms with Gasteiger partial charge < -0.3 is 10.0 Å². The maximum absolute atomic E-state index is 12.3. The Balaban J connectivity index is 1.43. The number of aromatic amines is 1. The van der Waals surface area contributed by atoms with E-state index in [-0.39, 0.29) is 17.6 Å². The second-order valence-electron chi connectivity index (χ2n) is 6.82. The molecule has 7 heteroatoms. The number of aliphatic hydroxyl groups is 1. The fourth-order valence-electron chi connectivity index (χ4n) is 3.70. The van der Waals surface area contributed by atoms with Gasteiger partial charge in [-0.05, 0) is 38.3 Å². The first kappa shape index (κ1) is 17.1. The largest absolute Gasteiger partial charge is 0.392 e. The van der Waals surface area contributed by atoms with Gasteiger partial charge in [-0.2, -0.15) is 5.10 Å². The highest BCUT2D eigenvalue weighted by Gasteiger charge is 2.29. The number of nitrogens with one attached hydrogen (secondary N) is 1. The number of hydrogen-bond donors (Lipinski definition) is 2. The lowest BCUT2D eigenvalue weighted by molar-refractivity contribution is -0.133. The van der Waals surface area contributed by atoms with Crippen LogP contribution in [0.5, 0.6) is 0 Å². The fourth-order valence-corrected chi connectivity index (χ4v) is 3.70. The van der Waals surface area contributed by atoms with Gasteiger partial charge in [0.25, 0.3) is 5.56 Å². The number of piperidine rings is 2. The van der Waals surface area contributed by atoms with Crippen LogP contribution in [-0.2, 0) is 11.2 Å². The zero-order chi connectivity index (χ0) is 16.9. The highest BCUT2D eigenvalue weighted by Crippen LogP contribution is 2.21. The number of carbonyl (C=O) groups excluding carboxylic acids is 1. The number of β-amino-alcohol motifs (C(OH)–C–C–N with tert-alkyl or cyclic N) is 1. The molecule has 0 aromatic carbocycles. The molecule has 3 heterocycles. The van der Waals surface area contributed by atoms with Gasteiger partial charge >= 0.3 is 0 Å². The minimum atomic E-state index is -0.227. The molecule has 0 bridgehead atoms. The van der Waals surface area contributed by atoms with Crippen LogP contribution >= 0.6 is 0 Å². The van der Waals surface area contributed by atoms with Gasteiger partial charge in [-0.25, -0.2) is 5.10 Å². The molecule has 0 unspecified atom stereocenters. The van der Waals surface area contributed by atoms with Gasteiger partial charge in [0.2, 0.25) is 5.91 Å². The van der Waals surface area contributed by atoms with Crippen molar-refractivity contribution in [3.63, 3.8) is 0 Å². The second-order valence-corrected chi connectivity index (χ2v) is 6.82. The van der Waals surface area contributed by atoms with E-state index in [4.69, 9.17) is 0 Å². The number of likely N-dealkylation sites (tertiary alicyclic amines) is 2. The molecule has 2 N–H and O–H groups in total. The summed E-state index contributed by atoms with van der Waals surface area (Å²) in [6.45, 7) is 3.41. The molecule has 2 aliphatic rings. The predicted molar refractivity (Wildman–Crippen MR) is 89.6 cm³/mol. The SMILES string of the molecule is O=C(CCc1ccc(=O)[nH]n1)N1CCC(N2CCC[C@H](O)C2)CC1. The van der Waals surface area contributed by atoms with Crippen molar-refractivity contribution in [3.05, 3.63) is 28.2 Å². The molecule has 0 spiro atoms. The molecule has 1 amide bonds. The lowest BCUT2D eigenvalue weighted by Gasteiger charge is -2.41. The number of rotatable bonds is 4. The number of nitrogens with zero attached hydrogens (tertiary/aromatic N) is 3. The highest BCUT2D eigenvalue weighted by molar-refractivity contribution is 5.76. The van der Waals surface area contributed by atoms with Crippen molar-refractivity contribution >= 4 is 5.91 Å². The van der Waals surface area contributed by atoms with E-state index in [0.29, 0.717) is 18.9 Å². The summed E-state index contributed by atoms with van der Waals surface area (Å²) in [4.78, 5) is 27.6. The molecule has 2 fully saturated rings. The van der Waals surface area contributed by atoms with Crippen LogP contribution < -0.4 is 5.56 Å². The van der Waals surface area contributed by atoms with Gasteiger partial charge in [-0.1, -0.05) is 0 Å². The molecule has 3 rings (SSSR count). The monoisotopic (exact) mass is 334 g/mol. The average Bonchev–Trinajstić information content (AvgIpc) is 2.61. The van der Waals surface area contributed by atoms with Crippen LogP contribution in [0.3, 0.4) is 0 Å². The third-order valence-electron chi connectivity index (χ3n) is 5.09. The number of aryl methyl sites for hydroxylation is 1. The Morgan fingerprint density at radius 1 is 1.25 bits per heavy atom. The third-order valence-corrected chi connectivity index (χ3v) is 5.09. The fraction of sp³-hybridized carbons (Fsp3) is 0.706. The van der Waals surface area contributed by atoms with Crippen molar-refractivity contribution in [1.29, 1.82) is 0 Å². The molecular formula is C17H26N4O3. The Morgan fingerprint density at radius 2 is 2.04 bits per heavy atom. The van der Waals surface area contributed by atoms with E-state index >= 15 is 0 Å². The van der Waals surface area contributed by atoms with E-state index in [1.165, 1.54) is 6.07 Å². The summed E-state index contributed by atoms with van der Waals surface area (Å²) in [6, 6.07) is 3.59. The first-order valence-electron chi connectivity index (χ1n) is 8.86. The Labute approximate surface area is 141 Å². The van der Waals surface area contributed by atoms with E-state index < -0.39 is 0 Å². The molecule has 24 heavy (non-hydrogen) atoms. The van der Waals surface area contributed by atoms with E-state index in [9.17, 15) is 14.7 Å². The molecule has 0 radical (unpaired) electrons. The topological polar surface area (TPSA) is 89.5 Å². The van der Waals surface area contributed by atoms with Crippen LogP contribution in [0.25, 0.3) is 0 Å². The number of aliphatic hydroxyl groups excluding tert-OH is 1. The Bertz CT molecular complexity index is 590. The summed E-state index contributed by atoms with van der Waals surface area (Å²) in [7, 11) is 0. The summed E-state index contributed by atoms with van der Waals surface area (Å²) < 4.78 is 0. The third kappa shape index (κ3) is 4.42. The van der Waals surface area contributed by atoms with E-state index in [0.717, 1.165) is 57.6 Å². The first-order valence-corrected chi connectivity index (χ1v) is 8.86. The van der Waals surface area contributed by atoms with E-state index in [2.05, 4.69) is 15.1 Å². The van der Waals surface area contributed by atoms with Crippen molar-refractivity contribution in [1.82, 2.24) is 20.0 Å². The molecule has 7 nitrogen and oxygen atoms in total. The standard InChI is InChI=1S/C17H26N4O3/c22-15-2-1-9-21(12-15)14-7-10-20(11-8-14)17(24)6-4-13-3-5-16(23)19-18-13/h3,5,14-15,22H,1-2,4,6-12H2,(H,19,23)/t15-/m0/s1. The van der Waals surface area contributed by atoms with Crippen LogP contribution in [-0.4, -0.2) is 69.3 Å². The lowest BCUT2D eigenvalue weighted by atomic mass is 9.98. The number of amides is 1. The minimum Gasteiger partial charge on any atom is -0.392 e. The summed E-state index contributed by atoms with van der Waals surface area (Å²) >= 11 is 0. The van der Waals surface area contributed by atoms with Crippen LogP contribution in [0.4, 0.5) is 0 Å². The van der Waals surface area contributed by atoms with Gasteiger partial charge in [-0.3, -0.25) is 14.5 Å². The van der Waals surface area contributed by atoms with E-state index in [1.807, 2.05) is 4.90 Å². The summed E-state index contributed by atoms with van der Waals surface area (Å²) in [6.07, 6.45) is 4.72. The van der Waals surface area contributed by atoms with Crippen molar-refractivity contribution in [2.24, 2.45) is 0 Å². The Kier molecular flexibility index (Phi) is 5.63. The van der Waals surface area contributed by atoms with Crippen molar-refractivity contribution in [2.75, 3.05) is 26.2 Å². The molecule has 0 saturated carbocycles. The summed E-state index contributed by atoms with van der Waals surface area (Å²) in [5.41, 5.74) is 0.509. The number of aromatic nitrogens is 2. The summed E-state index contributed by atoms with van der Waals surface area (Å²) in [5, 5.41) is 16.1. The van der Waals surface area contributed by atoms with Gasteiger partial charge in [0.1, 0.15) is 0 Å². The number of hydrogen-bond acceptors (Lipinski definition) is 5. The van der Waals surface area contributed by atoms with E-state index in [1.54, 1.807) is 6.07 Å². The molecule has 1 aromatic heterocycles. The van der Waals surface area contributed by atoms with Crippen LogP contribution in [0.1, 0.15) is 37.8 Å². The lowest BCUT2D eigenvalue weighted by Crippen LogP contribution is -2.50. The van der Waals surface area contributed by atoms with Gasteiger partial charge in [0.05, 0.1) is 11.8 Å². The Hall–Kier alpha value is -1.73. The van der Waals surface area contributed by atoms with Gasteiger partial charge in [0.15, 0.2) is 0 Å². The number of carbonyl (C=O) groups is 1. The quantitative estimate of drug-likeness (QED) is 0.818. The minimum absolute atomic E-state index is 0.153. The average molecular weight is 334 g/mol. The molecule has 2 saturated heterocycles. The predicted octanol–water partition coefficient (Wildman–Crippen LogP) is 0.150. The maximum Gasteiger partial charge on any atom is 0.264 e. The van der Waals surface area contributed by atoms with Crippen molar-refractivity contribution in [2.45, 2.75) is 50.7 Å². The summed E-state index contributed by atoms with van der Waals surface area (Å²) in [5.74, 6) is 0.153. The zero-order valence-electron chi connectivity index (χ0n) is 14.0.